The van der Waals surface area contributed by atoms with Crippen LogP contribution < -0.4 is 10.6 Å². The Bertz CT molecular complexity index is 268. The van der Waals surface area contributed by atoms with Crippen LogP contribution in [0.15, 0.2) is 0 Å². The summed E-state index contributed by atoms with van der Waals surface area (Å²) < 4.78 is 4.16. The molecule has 0 atom stereocenters. The van der Waals surface area contributed by atoms with Crippen molar-refractivity contribution in [3.05, 3.63) is 0 Å². The fraction of sp³-hybridized carbons (Fsp3) is 0.667. The van der Waals surface area contributed by atoms with Gasteiger partial charge in [-0.15, -0.1) is 0 Å². The summed E-state index contributed by atoms with van der Waals surface area (Å²) in [4.78, 5) is 32.7. The summed E-state index contributed by atoms with van der Waals surface area (Å²) in [6, 6.07) is 0. The van der Waals surface area contributed by atoms with Crippen LogP contribution in [-0.2, 0) is 19.1 Å². The Morgan fingerprint density at radius 2 is 1.73 bits per heavy atom. The average Bonchev–Trinajstić information content (AvgIpc) is 2.10. The molecule has 2 amide bonds. The third-order valence-electron chi connectivity index (χ3n) is 1.29. The minimum absolute atomic E-state index is 0.245. The van der Waals surface area contributed by atoms with Crippen LogP contribution in [0.2, 0.25) is 0 Å². The van der Waals surface area contributed by atoms with Gasteiger partial charge in [-0.2, -0.15) is 0 Å². The summed E-state index contributed by atoms with van der Waals surface area (Å²) in [5, 5.41) is 4.76. The highest BCUT2D eigenvalue weighted by atomic mass is 16.5. The van der Waals surface area contributed by atoms with E-state index in [1.54, 1.807) is 0 Å². The summed E-state index contributed by atoms with van der Waals surface area (Å²) in [7, 11) is 1.09. The van der Waals surface area contributed by atoms with Gasteiger partial charge in [0.05, 0.1) is 13.7 Å². The Labute approximate surface area is 88.4 Å². The molecule has 0 aliphatic carbocycles. The Kier molecular flexibility index (Phi) is 4.77. The lowest BCUT2D eigenvalue weighted by Gasteiger charge is -2.20. The first-order valence-corrected chi connectivity index (χ1v) is 4.43. The summed E-state index contributed by atoms with van der Waals surface area (Å²) >= 11 is 0. The standard InChI is InChI=1S/C9H16N2O4/c1-9(2,3)11-6(12)5-10-7(13)8(14)15-4/h5H2,1-4H3,(H,10,13)(H,11,12). The van der Waals surface area contributed by atoms with Gasteiger partial charge in [-0.25, -0.2) is 4.79 Å². The van der Waals surface area contributed by atoms with E-state index in [4.69, 9.17) is 0 Å². The monoisotopic (exact) mass is 216 g/mol. The SMILES string of the molecule is COC(=O)C(=O)NCC(=O)NC(C)(C)C. The van der Waals surface area contributed by atoms with Gasteiger partial charge in [-0.3, -0.25) is 9.59 Å². The van der Waals surface area contributed by atoms with Crippen LogP contribution in [0, 0.1) is 0 Å². The summed E-state index contributed by atoms with van der Waals surface area (Å²) in [5.74, 6) is -2.31. The van der Waals surface area contributed by atoms with E-state index in [9.17, 15) is 14.4 Å². The van der Waals surface area contributed by atoms with Crippen molar-refractivity contribution >= 4 is 17.8 Å². The first-order chi connectivity index (χ1) is 6.76. The van der Waals surface area contributed by atoms with E-state index in [1.165, 1.54) is 0 Å². The summed E-state index contributed by atoms with van der Waals surface area (Å²) in [6.45, 7) is 5.19. The third kappa shape index (κ3) is 6.48. The van der Waals surface area contributed by atoms with Crippen LogP contribution in [0.5, 0.6) is 0 Å². The lowest BCUT2D eigenvalue weighted by atomic mass is 10.1. The molecular weight excluding hydrogens is 200 g/mol. The van der Waals surface area contributed by atoms with E-state index in [0.717, 1.165) is 7.11 Å². The highest BCUT2D eigenvalue weighted by molar-refractivity contribution is 6.32. The molecule has 0 aliphatic heterocycles. The van der Waals surface area contributed by atoms with Crippen molar-refractivity contribution in [3.8, 4) is 0 Å². The number of carbonyl (C=O) groups excluding carboxylic acids is 3. The van der Waals surface area contributed by atoms with Gasteiger partial charge in [-0.05, 0) is 20.8 Å². The fourth-order valence-electron chi connectivity index (χ4n) is 0.788. The van der Waals surface area contributed by atoms with Crippen molar-refractivity contribution < 1.29 is 19.1 Å². The maximum Gasteiger partial charge on any atom is 0.396 e. The number of amides is 2. The largest absolute Gasteiger partial charge is 0.462 e. The van der Waals surface area contributed by atoms with Crippen LogP contribution in [0.25, 0.3) is 0 Å². The first-order valence-electron chi connectivity index (χ1n) is 4.43. The van der Waals surface area contributed by atoms with Gasteiger partial charge in [0.2, 0.25) is 5.91 Å². The summed E-state index contributed by atoms with van der Waals surface area (Å²) in [5.41, 5.74) is -0.368. The molecule has 0 spiro atoms. The number of ether oxygens (including phenoxy) is 1. The van der Waals surface area contributed by atoms with E-state index in [-0.39, 0.29) is 18.0 Å². The molecule has 0 aromatic carbocycles. The van der Waals surface area contributed by atoms with E-state index in [0.29, 0.717) is 0 Å². The molecule has 0 rings (SSSR count). The Morgan fingerprint density at radius 3 is 2.13 bits per heavy atom. The number of esters is 1. The number of hydrogen-bond donors (Lipinski definition) is 2. The van der Waals surface area contributed by atoms with Gasteiger partial charge in [-0.1, -0.05) is 0 Å². The highest BCUT2D eigenvalue weighted by Crippen LogP contribution is 1.96. The zero-order valence-corrected chi connectivity index (χ0v) is 9.34. The van der Waals surface area contributed by atoms with Crippen LogP contribution in [-0.4, -0.2) is 37.0 Å². The van der Waals surface area contributed by atoms with Gasteiger partial charge in [0.1, 0.15) is 0 Å². The van der Waals surface area contributed by atoms with E-state index in [1.807, 2.05) is 20.8 Å². The first kappa shape index (κ1) is 13.4. The van der Waals surface area contributed by atoms with Crippen molar-refractivity contribution in [2.75, 3.05) is 13.7 Å². The smallest absolute Gasteiger partial charge is 0.396 e. The maximum absolute atomic E-state index is 11.2. The number of nitrogens with one attached hydrogen (secondary N) is 2. The van der Waals surface area contributed by atoms with Gasteiger partial charge in [0.15, 0.2) is 0 Å². The Morgan fingerprint density at radius 1 is 1.20 bits per heavy atom. The fourth-order valence-corrected chi connectivity index (χ4v) is 0.788. The van der Waals surface area contributed by atoms with Crippen LogP contribution in [0.3, 0.4) is 0 Å². The molecule has 15 heavy (non-hydrogen) atoms. The molecule has 6 nitrogen and oxygen atoms in total. The average molecular weight is 216 g/mol. The zero-order valence-electron chi connectivity index (χ0n) is 9.34. The predicted molar refractivity (Wildman–Crippen MR) is 52.9 cm³/mol. The molecule has 0 aromatic heterocycles. The van der Waals surface area contributed by atoms with Crippen molar-refractivity contribution in [3.63, 3.8) is 0 Å². The van der Waals surface area contributed by atoms with Crippen molar-refractivity contribution in [1.82, 2.24) is 10.6 Å². The minimum atomic E-state index is -1.02. The van der Waals surface area contributed by atoms with E-state index in [2.05, 4.69) is 15.4 Å². The van der Waals surface area contributed by atoms with Crippen LogP contribution >= 0.6 is 0 Å². The molecule has 0 aromatic rings. The summed E-state index contributed by atoms with van der Waals surface area (Å²) in [6.07, 6.45) is 0. The number of carbonyl (C=O) groups is 3. The molecular formula is C9H16N2O4. The normalized spacial score (nSPS) is 10.4. The second-order valence-corrected chi connectivity index (χ2v) is 3.97. The second-order valence-electron chi connectivity index (χ2n) is 3.97. The minimum Gasteiger partial charge on any atom is -0.462 e. The molecule has 0 bridgehead atoms. The predicted octanol–water partition coefficient (Wildman–Crippen LogP) is -0.810. The third-order valence-corrected chi connectivity index (χ3v) is 1.29. The Hall–Kier alpha value is -1.59. The number of hydrogen-bond acceptors (Lipinski definition) is 4. The second kappa shape index (κ2) is 5.33. The Balaban J connectivity index is 3.92. The molecule has 6 heteroatoms. The van der Waals surface area contributed by atoms with Gasteiger partial charge < -0.3 is 15.4 Å². The topological polar surface area (TPSA) is 84.5 Å². The lowest BCUT2D eigenvalue weighted by Crippen LogP contribution is -2.46. The van der Waals surface area contributed by atoms with Crippen LogP contribution in [0.1, 0.15) is 20.8 Å². The number of rotatable bonds is 2. The molecule has 0 saturated carbocycles. The van der Waals surface area contributed by atoms with Crippen molar-refractivity contribution in [2.45, 2.75) is 26.3 Å². The quantitative estimate of drug-likeness (QED) is 0.467. The van der Waals surface area contributed by atoms with E-state index < -0.39 is 11.9 Å². The van der Waals surface area contributed by atoms with Crippen LogP contribution in [0.4, 0.5) is 0 Å². The molecule has 0 radical (unpaired) electrons. The molecule has 0 unspecified atom stereocenters. The molecule has 0 saturated heterocycles. The molecule has 0 fully saturated rings. The maximum atomic E-state index is 11.2. The highest BCUT2D eigenvalue weighted by Gasteiger charge is 2.17. The van der Waals surface area contributed by atoms with Gasteiger partial charge in [0.25, 0.3) is 0 Å². The molecule has 0 aliphatic rings. The van der Waals surface area contributed by atoms with Gasteiger partial charge >= 0.3 is 11.9 Å². The van der Waals surface area contributed by atoms with E-state index >= 15 is 0 Å². The van der Waals surface area contributed by atoms with Gasteiger partial charge in [0, 0.05) is 5.54 Å². The molecule has 2 N–H and O–H groups in total. The zero-order chi connectivity index (χ0) is 12.1. The molecule has 0 heterocycles. The number of methoxy groups -OCH3 is 1. The van der Waals surface area contributed by atoms with Crippen molar-refractivity contribution in [1.29, 1.82) is 0 Å². The van der Waals surface area contributed by atoms with Crippen molar-refractivity contribution in [2.24, 2.45) is 0 Å². The molecule has 86 valence electrons. The lowest BCUT2D eigenvalue weighted by molar-refractivity contribution is -0.152.